The molecule has 0 saturated heterocycles. The van der Waals surface area contributed by atoms with Crippen molar-refractivity contribution >= 4 is 41.6 Å². The summed E-state index contributed by atoms with van der Waals surface area (Å²) in [4.78, 5) is 75.6. The van der Waals surface area contributed by atoms with Crippen molar-refractivity contribution < 1.29 is 44.1 Å². The zero-order chi connectivity index (χ0) is 29.4. The highest BCUT2D eigenvalue weighted by Gasteiger charge is 2.31. The fourth-order valence-electron chi connectivity index (χ4n) is 3.16. The maximum absolute atomic E-state index is 13.1. The van der Waals surface area contributed by atoms with Crippen molar-refractivity contribution in [2.24, 2.45) is 28.1 Å². The van der Waals surface area contributed by atoms with E-state index >= 15 is 0 Å². The van der Waals surface area contributed by atoms with Gasteiger partial charge in [0.15, 0.2) is 5.96 Å². The van der Waals surface area contributed by atoms with E-state index in [1.54, 1.807) is 6.92 Å². The fraction of sp³-hybridized carbons (Fsp3) is 0.682. The number of carboxylic acid groups (broad SMARTS) is 3. The highest BCUT2D eigenvalue weighted by atomic mass is 16.4. The Morgan fingerprint density at radius 1 is 0.763 bits per heavy atom. The number of rotatable bonds is 19. The summed E-state index contributed by atoms with van der Waals surface area (Å²) in [5.74, 6) is -6.93. The molecular weight excluding hydrogens is 506 g/mol. The summed E-state index contributed by atoms with van der Waals surface area (Å²) in [6.45, 7) is 3.73. The number of carboxylic acids is 3. The molecule has 3 amide bonds. The minimum Gasteiger partial charge on any atom is -0.481 e. The molecule has 216 valence electrons. The highest BCUT2D eigenvalue weighted by molar-refractivity contribution is 5.94. The number of carbonyl (C=O) groups excluding carboxylic acids is 3. The molecule has 0 aliphatic heterocycles. The Bertz CT molecular complexity index is 877. The summed E-state index contributed by atoms with van der Waals surface area (Å²) in [6, 6.07) is -5.21. The Kier molecular flexibility index (Phi) is 15.7. The average Bonchev–Trinajstić information content (AvgIpc) is 2.83. The van der Waals surface area contributed by atoms with Gasteiger partial charge in [-0.15, -0.1) is 0 Å². The second kappa shape index (κ2) is 17.5. The summed E-state index contributed by atoms with van der Waals surface area (Å²) in [7, 11) is 0. The van der Waals surface area contributed by atoms with Gasteiger partial charge in [-0.05, 0) is 31.6 Å². The lowest BCUT2D eigenvalue weighted by atomic mass is 9.98. The molecule has 0 fully saturated rings. The van der Waals surface area contributed by atoms with Gasteiger partial charge in [-0.25, -0.2) is 4.79 Å². The molecule has 0 aromatic carbocycles. The van der Waals surface area contributed by atoms with Crippen molar-refractivity contribution in [1.29, 1.82) is 0 Å². The molecule has 0 aromatic heterocycles. The van der Waals surface area contributed by atoms with Gasteiger partial charge in [0.1, 0.15) is 18.1 Å². The van der Waals surface area contributed by atoms with Gasteiger partial charge in [-0.3, -0.25) is 29.0 Å². The van der Waals surface area contributed by atoms with Crippen molar-refractivity contribution in [1.82, 2.24) is 16.0 Å². The number of carbonyl (C=O) groups is 6. The Labute approximate surface area is 219 Å². The van der Waals surface area contributed by atoms with E-state index in [-0.39, 0.29) is 31.3 Å². The Hall–Kier alpha value is -3.95. The number of nitrogens with zero attached hydrogens (tertiary/aromatic N) is 1. The van der Waals surface area contributed by atoms with Gasteiger partial charge in [-0.1, -0.05) is 20.3 Å². The van der Waals surface area contributed by atoms with Crippen LogP contribution in [0, 0.1) is 5.92 Å². The maximum Gasteiger partial charge on any atom is 0.326 e. The molecule has 16 heteroatoms. The lowest BCUT2D eigenvalue weighted by Crippen LogP contribution is -2.57. The van der Waals surface area contributed by atoms with Crippen molar-refractivity contribution in [2.45, 2.75) is 83.0 Å². The lowest BCUT2D eigenvalue weighted by Gasteiger charge is -2.26. The van der Waals surface area contributed by atoms with E-state index in [1.165, 1.54) is 0 Å². The molecule has 16 nitrogen and oxygen atoms in total. The normalized spacial score (nSPS) is 14.6. The molecule has 38 heavy (non-hydrogen) atoms. The fourth-order valence-corrected chi connectivity index (χ4v) is 3.16. The van der Waals surface area contributed by atoms with E-state index in [1.807, 2.05) is 6.92 Å². The second-order valence-corrected chi connectivity index (χ2v) is 8.75. The molecule has 0 rings (SSSR count). The summed E-state index contributed by atoms with van der Waals surface area (Å²) < 4.78 is 0. The number of nitrogens with one attached hydrogen (secondary N) is 3. The second-order valence-electron chi connectivity index (χ2n) is 8.75. The number of aliphatic imine (C=N–C) groups is 1. The van der Waals surface area contributed by atoms with Crippen molar-refractivity contribution in [3.05, 3.63) is 0 Å². The number of hydrogen-bond donors (Lipinski definition) is 9. The molecule has 12 N–H and O–H groups in total. The third-order valence-electron chi connectivity index (χ3n) is 5.68. The van der Waals surface area contributed by atoms with E-state index in [4.69, 9.17) is 27.4 Å². The molecule has 0 bridgehead atoms. The van der Waals surface area contributed by atoms with Crippen LogP contribution >= 0.6 is 0 Å². The first-order valence-electron chi connectivity index (χ1n) is 12.1. The van der Waals surface area contributed by atoms with Crippen molar-refractivity contribution in [2.75, 3.05) is 6.54 Å². The van der Waals surface area contributed by atoms with Crippen molar-refractivity contribution in [3.8, 4) is 0 Å². The van der Waals surface area contributed by atoms with Crippen LogP contribution in [0.4, 0.5) is 0 Å². The van der Waals surface area contributed by atoms with Gasteiger partial charge < -0.3 is 48.5 Å². The molecule has 0 aliphatic carbocycles. The SMILES string of the molecule is CCC(C)C(N)C(=O)NC(CCCN=C(N)N)C(=O)NC(CCC(=O)O)C(=O)NC(CCC(=O)O)C(=O)O. The number of hydrogen-bond acceptors (Lipinski definition) is 8. The van der Waals surface area contributed by atoms with E-state index < -0.39 is 85.5 Å². The first kappa shape index (κ1) is 34.0. The zero-order valence-electron chi connectivity index (χ0n) is 21.5. The standard InChI is InChI=1S/C22H39N7O9/c1-3-11(2)17(23)20(36)28-12(5-4-10-26-22(24)25)18(34)27-13(6-8-15(30)31)19(35)29-14(21(37)38)7-9-16(32)33/h11-14,17H,3-10,23H2,1-2H3,(H,27,34)(H,28,36)(H,29,35)(H,30,31)(H,32,33)(H,37,38)(H4,24,25,26). The van der Waals surface area contributed by atoms with E-state index in [9.17, 15) is 33.9 Å². The van der Waals surface area contributed by atoms with Gasteiger partial charge in [0.05, 0.1) is 6.04 Å². The molecule has 0 heterocycles. The Morgan fingerprint density at radius 2 is 1.21 bits per heavy atom. The molecule has 0 spiro atoms. The monoisotopic (exact) mass is 545 g/mol. The smallest absolute Gasteiger partial charge is 0.326 e. The van der Waals surface area contributed by atoms with Gasteiger partial charge in [0.25, 0.3) is 0 Å². The maximum atomic E-state index is 13.1. The predicted octanol–water partition coefficient (Wildman–Crippen LogP) is -2.32. The number of aliphatic carboxylic acids is 3. The molecule has 0 aliphatic rings. The molecular formula is C22H39N7O9. The van der Waals surface area contributed by atoms with Gasteiger partial charge in [-0.2, -0.15) is 0 Å². The predicted molar refractivity (Wildman–Crippen MR) is 135 cm³/mol. The van der Waals surface area contributed by atoms with Crippen LogP contribution in [0.25, 0.3) is 0 Å². The average molecular weight is 546 g/mol. The first-order chi connectivity index (χ1) is 17.7. The van der Waals surface area contributed by atoms with Crippen LogP contribution in [0.1, 0.15) is 58.8 Å². The Morgan fingerprint density at radius 3 is 1.66 bits per heavy atom. The summed E-state index contributed by atoms with van der Waals surface area (Å²) in [5.41, 5.74) is 16.5. The van der Waals surface area contributed by atoms with Crippen LogP contribution in [-0.2, 0) is 28.8 Å². The van der Waals surface area contributed by atoms with E-state index in [0.717, 1.165) is 0 Å². The van der Waals surface area contributed by atoms with Crippen LogP contribution in [0.2, 0.25) is 0 Å². The summed E-state index contributed by atoms with van der Waals surface area (Å²) in [6.07, 6.45) is -1.07. The van der Waals surface area contributed by atoms with Crippen LogP contribution in [0.15, 0.2) is 4.99 Å². The first-order valence-corrected chi connectivity index (χ1v) is 12.1. The number of guanidine groups is 1. The van der Waals surface area contributed by atoms with Gasteiger partial charge in [0.2, 0.25) is 17.7 Å². The molecule has 5 atom stereocenters. The Balaban J connectivity index is 5.74. The quantitative estimate of drug-likeness (QED) is 0.0469. The number of amides is 3. The molecule has 5 unspecified atom stereocenters. The van der Waals surface area contributed by atoms with E-state index in [2.05, 4.69) is 20.9 Å². The number of nitrogens with two attached hydrogens (primary N) is 3. The summed E-state index contributed by atoms with van der Waals surface area (Å²) >= 11 is 0. The largest absolute Gasteiger partial charge is 0.481 e. The molecule has 0 radical (unpaired) electrons. The lowest BCUT2D eigenvalue weighted by molar-refractivity contribution is -0.144. The minimum atomic E-state index is -1.59. The van der Waals surface area contributed by atoms with Crippen LogP contribution in [0.5, 0.6) is 0 Å². The third kappa shape index (κ3) is 14.0. The van der Waals surface area contributed by atoms with Gasteiger partial charge in [0, 0.05) is 19.4 Å². The van der Waals surface area contributed by atoms with E-state index in [0.29, 0.717) is 6.42 Å². The zero-order valence-corrected chi connectivity index (χ0v) is 21.5. The topological polar surface area (TPSA) is 290 Å². The molecule has 0 aromatic rings. The van der Waals surface area contributed by atoms with Crippen LogP contribution in [-0.4, -0.2) is 87.6 Å². The van der Waals surface area contributed by atoms with Crippen LogP contribution in [0.3, 0.4) is 0 Å². The third-order valence-corrected chi connectivity index (χ3v) is 5.68. The molecule has 0 saturated carbocycles. The minimum absolute atomic E-state index is 0.0329. The summed E-state index contributed by atoms with van der Waals surface area (Å²) in [5, 5.41) is 34.1. The van der Waals surface area contributed by atoms with Crippen molar-refractivity contribution in [3.63, 3.8) is 0 Å². The van der Waals surface area contributed by atoms with Crippen LogP contribution < -0.4 is 33.2 Å². The van der Waals surface area contributed by atoms with Gasteiger partial charge >= 0.3 is 17.9 Å². The highest BCUT2D eigenvalue weighted by Crippen LogP contribution is 2.08.